The van der Waals surface area contributed by atoms with Crippen LogP contribution in [0, 0.1) is 37.9 Å². The van der Waals surface area contributed by atoms with Gasteiger partial charge in [0, 0.05) is 93.3 Å². The van der Waals surface area contributed by atoms with E-state index in [-0.39, 0.29) is 48.2 Å². The number of benzene rings is 4. The summed E-state index contributed by atoms with van der Waals surface area (Å²) >= 11 is 0. The molecule has 1 atom stereocenters. The van der Waals surface area contributed by atoms with Gasteiger partial charge in [0.1, 0.15) is 24.1 Å². The number of hydrogen-bond donors (Lipinski definition) is 1. The molecule has 9 rings (SSSR count). The number of aromatic nitrogens is 2. The summed E-state index contributed by atoms with van der Waals surface area (Å²) < 4.78 is 30.4. The average Bonchev–Trinajstić information content (AvgIpc) is 3.81. The molecule has 1 fully saturated rings. The average molecular weight is 932 g/mol. The molecule has 0 saturated carbocycles. The fraction of sp³-hybridized carbons (Fsp3) is 0.345. The van der Waals surface area contributed by atoms with Crippen LogP contribution in [-0.2, 0) is 56.0 Å². The van der Waals surface area contributed by atoms with Gasteiger partial charge in [-0.2, -0.15) is 5.26 Å². The van der Waals surface area contributed by atoms with Crippen molar-refractivity contribution in [2.24, 2.45) is 14.1 Å². The molecule has 14 heteroatoms. The highest BCUT2D eigenvalue weighted by Gasteiger charge is 2.34. The van der Waals surface area contributed by atoms with Crippen LogP contribution in [0.25, 0.3) is 11.3 Å². The highest BCUT2D eigenvalue weighted by atomic mass is 19.1. The van der Waals surface area contributed by atoms with E-state index in [2.05, 4.69) is 30.0 Å². The number of nitrogens with zero attached hydrogens (tertiary/aromatic N) is 7. The lowest BCUT2D eigenvalue weighted by molar-refractivity contribution is -0.131. The summed E-state index contributed by atoms with van der Waals surface area (Å²) in [7, 11) is 3.66. The van der Waals surface area contributed by atoms with Crippen LogP contribution in [0.4, 0.5) is 15.8 Å². The van der Waals surface area contributed by atoms with Crippen molar-refractivity contribution in [2.75, 3.05) is 50.9 Å². The van der Waals surface area contributed by atoms with Gasteiger partial charge in [0.05, 0.1) is 30.9 Å². The first-order chi connectivity index (χ1) is 33.2. The van der Waals surface area contributed by atoms with Gasteiger partial charge in [-0.05, 0) is 135 Å². The smallest absolute Gasteiger partial charge is 0.264 e. The number of ether oxygens (including phenoxy) is 2. The van der Waals surface area contributed by atoms with Crippen molar-refractivity contribution >= 4 is 29.1 Å². The molecule has 0 bridgehead atoms. The predicted octanol–water partition coefficient (Wildman–Crippen LogP) is 8.08. The number of fused-ring (bicyclic) bond motifs is 2. The fourth-order valence-corrected chi connectivity index (χ4v) is 9.98. The second-order valence-corrected chi connectivity index (χ2v) is 18.6. The van der Waals surface area contributed by atoms with Gasteiger partial charge in [-0.3, -0.25) is 24.2 Å². The summed E-state index contributed by atoms with van der Waals surface area (Å²) in [4.78, 5) is 51.8. The van der Waals surface area contributed by atoms with Gasteiger partial charge < -0.3 is 33.5 Å². The molecule has 4 aromatic carbocycles. The number of aryl methyl sites for hydroxylation is 1. The van der Waals surface area contributed by atoms with Gasteiger partial charge >= 0.3 is 0 Å². The summed E-state index contributed by atoms with van der Waals surface area (Å²) in [5.74, 6) is -0.927. The van der Waals surface area contributed by atoms with Crippen LogP contribution in [0.5, 0.6) is 11.5 Å². The maximum Gasteiger partial charge on any atom is 0.264 e. The lowest BCUT2D eigenvalue weighted by Crippen LogP contribution is -2.43. The number of carbonyl (C=O) groups excluding carboxylic acids is 3. The van der Waals surface area contributed by atoms with E-state index in [9.17, 15) is 15.2 Å². The number of nitriles is 1. The van der Waals surface area contributed by atoms with Crippen LogP contribution < -0.4 is 9.64 Å². The number of amides is 3. The minimum atomic E-state index is -0.503. The van der Waals surface area contributed by atoms with Gasteiger partial charge in [0.25, 0.3) is 11.8 Å². The number of anilines is 2. The Hall–Kier alpha value is -7.21. The van der Waals surface area contributed by atoms with E-state index in [1.165, 1.54) is 23.8 Å². The first kappa shape index (κ1) is 46.9. The van der Waals surface area contributed by atoms with Crippen molar-refractivity contribution in [1.82, 2.24) is 23.8 Å². The fourth-order valence-electron chi connectivity index (χ4n) is 9.98. The molecule has 356 valence electrons. The summed E-state index contributed by atoms with van der Waals surface area (Å²) in [5, 5.41) is 20.1. The molecule has 6 aromatic rings. The molecule has 2 aromatic heterocycles. The molecule has 0 spiro atoms. The lowest BCUT2D eigenvalue weighted by Gasteiger charge is -2.36. The summed E-state index contributed by atoms with van der Waals surface area (Å²) in [6.07, 6.45) is 1.24. The van der Waals surface area contributed by atoms with Gasteiger partial charge in [-0.15, -0.1) is 0 Å². The molecule has 0 unspecified atom stereocenters. The highest BCUT2D eigenvalue weighted by Crippen LogP contribution is 2.39. The van der Waals surface area contributed by atoms with E-state index in [1.807, 2.05) is 67.6 Å². The molecular weight excluding hydrogens is 874 g/mol. The topological polar surface area (TPSA) is 137 Å². The number of hydrogen-bond acceptors (Lipinski definition) is 8. The van der Waals surface area contributed by atoms with E-state index in [1.54, 1.807) is 45.7 Å². The van der Waals surface area contributed by atoms with E-state index in [0.29, 0.717) is 109 Å². The maximum atomic E-state index is 15.4. The Kier molecular flexibility index (Phi) is 13.2. The Morgan fingerprint density at radius 2 is 1.59 bits per heavy atom. The van der Waals surface area contributed by atoms with Crippen LogP contribution in [-0.4, -0.2) is 98.7 Å². The molecule has 69 heavy (non-hydrogen) atoms. The standard InChI is InChI=1S/C55H58FN7O6/c1-34-23-52(69-22-19-60-17-20-68-21-18-60)49(56)27-41(34)28-53(65)61-16-15-39-25-47(48(26-42(39)32-61)54(66)62-33-40-10-8-7-9-38(40)24-35(62)2)51-30-46(36(3)59(51)6)55(67)63(43-11-13-45(64)14-12-43)50-29-44(31-57)58(5)37(50)4/h7-14,23,25-27,29-30,35,64H,15-22,24,28,32-33H2,1-6H3/t35-/m1/s1. The Morgan fingerprint density at radius 3 is 2.32 bits per heavy atom. The van der Waals surface area contributed by atoms with Crippen molar-refractivity contribution < 1.29 is 33.4 Å². The molecule has 0 radical (unpaired) electrons. The van der Waals surface area contributed by atoms with E-state index >= 15 is 14.0 Å². The normalized spacial score (nSPS) is 15.9. The maximum absolute atomic E-state index is 15.4. The number of phenolic OH excluding ortho intramolecular Hbond substituents is 1. The Morgan fingerprint density at radius 1 is 0.855 bits per heavy atom. The number of aromatic hydroxyl groups is 1. The van der Waals surface area contributed by atoms with Gasteiger partial charge in [-0.25, -0.2) is 4.39 Å². The molecule has 0 aliphatic carbocycles. The SMILES string of the molecule is Cc1cc(OCCN2CCOCC2)c(F)cc1CC(=O)N1CCc2cc(-c3cc(C(=O)N(c4ccc(O)cc4)c4cc(C#N)n(C)c4C)c(C)n3C)c(C(=O)N3Cc4ccccc4C[C@H]3C)cc2C1. The van der Waals surface area contributed by atoms with Crippen molar-refractivity contribution in [1.29, 1.82) is 5.26 Å². The Balaban J connectivity index is 1.04. The zero-order valence-corrected chi connectivity index (χ0v) is 40.1. The second kappa shape index (κ2) is 19.4. The lowest BCUT2D eigenvalue weighted by atomic mass is 9.89. The van der Waals surface area contributed by atoms with Crippen LogP contribution in [0.1, 0.15) is 78.1 Å². The van der Waals surface area contributed by atoms with Crippen molar-refractivity contribution in [3.05, 3.63) is 152 Å². The van der Waals surface area contributed by atoms with Crippen LogP contribution >= 0.6 is 0 Å². The zero-order valence-electron chi connectivity index (χ0n) is 40.1. The van der Waals surface area contributed by atoms with Gasteiger partial charge in [0.2, 0.25) is 5.91 Å². The van der Waals surface area contributed by atoms with Gasteiger partial charge in [0.15, 0.2) is 11.6 Å². The molecule has 1 saturated heterocycles. The number of carbonyl (C=O) groups is 3. The van der Waals surface area contributed by atoms with Crippen molar-refractivity contribution in [3.63, 3.8) is 0 Å². The molecule has 3 aliphatic heterocycles. The first-order valence-electron chi connectivity index (χ1n) is 23.6. The molecule has 5 heterocycles. The minimum Gasteiger partial charge on any atom is -0.508 e. The molecule has 3 amide bonds. The van der Waals surface area contributed by atoms with Crippen LogP contribution in [0.3, 0.4) is 0 Å². The number of morpholine rings is 1. The summed E-state index contributed by atoms with van der Waals surface area (Å²) in [6, 6.07) is 27.2. The van der Waals surface area contributed by atoms with Crippen LogP contribution in [0.2, 0.25) is 0 Å². The third kappa shape index (κ3) is 9.24. The Labute approximate surface area is 402 Å². The number of phenols is 1. The largest absolute Gasteiger partial charge is 0.508 e. The second-order valence-electron chi connectivity index (χ2n) is 18.6. The molecule has 13 nitrogen and oxygen atoms in total. The molecular formula is C55H58FN7O6. The number of halogens is 1. The highest BCUT2D eigenvalue weighted by molar-refractivity contribution is 6.13. The predicted molar refractivity (Wildman–Crippen MR) is 261 cm³/mol. The molecule has 1 N–H and O–H groups in total. The van der Waals surface area contributed by atoms with Crippen molar-refractivity contribution in [2.45, 2.75) is 66.1 Å². The number of rotatable bonds is 11. The van der Waals surface area contributed by atoms with Gasteiger partial charge in [-0.1, -0.05) is 24.3 Å². The quantitative estimate of drug-likeness (QED) is 0.138. The monoisotopic (exact) mass is 931 g/mol. The minimum absolute atomic E-state index is 0.0155. The third-order valence-corrected chi connectivity index (χ3v) is 14.4. The Bertz CT molecular complexity index is 3020. The zero-order chi connectivity index (χ0) is 48.7. The van der Waals surface area contributed by atoms with Crippen LogP contribution in [0.15, 0.2) is 84.9 Å². The van der Waals surface area contributed by atoms with E-state index in [4.69, 9.17) is 9.47 Å². The van der Waals surface area contributed by atoms with E-state index in [0.717, 1.165) is 35.3 Å². The van der Waals surface area contributed by atoms with E-state index < -0.39 is 5.82 Å². The molecule has 3 aliphatic rings. The summed E-state index contributed by atoms with van der Waals surface area (Å²) in [6.45, 7) is 12.8. The van der Waals surface area contributed by atoms with Crippen molar-refractivity contribution in [3.8, 4) is 28.8 Å². The first-order valence-corrected chi connectivity index (χ1v) is 23.6. The summed E-state index contributed by atoms with van der Waals surface area (Å²) in [5.41, 5.74) is 10.5. The third-order valence-electron chi connectivity index (χ3n) is 14.4.